The van der Waals surface area contributed by atoms with Crippen LogP contribution < -0.4 is 15.4 Å². The molecule has 1 aromatic heterocycles. The highest BCUT2D eigenvalue weighted by Gasteiger charge is 2.13. The van der Waals surface area contributed by atoms with E-state index in [2.05, 4.69) is 32.5 Å². The Kier molecular flexibility index (Phi) is 9.49. The number of benzene rings is 2. The lowest BCUT2D eigenvalue weighted by Crippen LogP contribution is -2.41. The Labute approximate surface area is 197 Å². The highest BCUT2D eigenvalue weighted by Crippen LogP contribution is 2.26. The van der Waals surface area contributed by atoms with Crippen LogP contribution in [0, 0.1) is 0 Å². The average Bonchev–Trinajstić information content (AvgIpc) is 2.77. The lowest BCUT2D eigenvalue weighted by Gasteiger charge is -2.20. The summed E-state index contributed by atoms with van der Waals surface area (Å²) in [5.74, 6) is -0.0580. The van der Waals surface area contributed by atoms with Gasteiger partial charge >= 0.3 is 0 Å². The molecule has 0 saturated carbocycles. The number of anilines is 1. The first kappa shape index (κ1) is 23.4. The van der Waals surface area contributed by atoms with E-state index in [-0.39, 0.29) is 18.5 Å². The molecule has 0 unspecified atom stereocenters. The fourth-order valence-corrected chi connectivity index (χ4v) is 4.03. The molecule has 3 aromatic rings. The van der Waals surface area contributed by atoms with Crippen LogP contribution >= 0.6 is 35.1 Å². The van der Waals surface area contributed by atoms with Crippen molar-refractivity contribution in [3.63, 3.8) is 0 Å². The molecule has 2 aromatic carbocycles. The number of aromatic nitrogens is 1. The van der Waals surface area contributed by atoms with Crippen molar-refractivity contribution in [1.82, 2.24) is 15.0 Å². The van der Waals surface area contributed by atoms with Crippen molar-refractivity contribution >= 4 is 46.7 Å². The van der Waals surface area contributed by atoms with Gasteiger partial charge in [-0.3, -0.25) is 14.5 Å². The Bertz CT molecular complexity index is 960. The largest absolute Gasteiger partial charge is 0.385 e. The van der Waals surface area contributed by atoms with E-state index in [1.165, 1.54) is 17.5 Å². The number of carbonyl (C=O) groups is 1. The van der Waals surface area contributed by atoms with Gasteiger partial charge in [0.05, 0.1) is 16.6 Å². The van der Waals surface area contributed by atoms with Crippen LogP contribution in [0.4, 0.5) is 5.69 Å². The molecule has 1 amide bonds. The predicted molar refractivity (Wildman–Crippen MR) is 130 cm³/mol. The summed E-state index contributed by atoms with van der Waals surface area (Å²) in [6.45, 7) is 0.932. The number of nitrogens with zero attached hydrogens (tertiary/aromatic N) is 1. The molecular weight excluding hydrogens is 451 g/mol. The van der Waals surface area contributed by atoms with Crippen molar-refractivity contribution in [1.29, 1.82) is 0 Å². The quantitative estimate of drug-likeness (QED) is 0.332. The zero-order valence-corrected chi connectivity index (χ0v) is 19.2. The number of hydrogen-bond acceptors (Lipinski definition) is 5. The molecule has 0 radical (unpaired) electrons. The fraction of sp³-hybridized carbons (Fsp3) is 0.217. The SMILES string of the molecule is O=C(CNSc1ccc(Cl)c(Cl)c1)N[C@H](CCNc1ccncc1)Cc1ccccc1. The normalized spacial score (nSPS) is 11.7. The molecule has 3 rings (SSSR count). The molecule has 0 fully saturated rings. The zero-order chi connectivity index (χ0) is 21.9. The van der Waals surface area contributed by atoms with Crippen molar-refractivity contribution in [3.05, 3.63) is 88.7 Å². The number of amides is 1. The molecule has 31 heavy (non-hydrogen) atoms. The molecule has 5 nitrogen and oxygen atoms in total. The van der Waals surface area contributed by atoms with Crippen LogP contribution in [0.5, 0.6) is 0 Å². The minimum Gasteiger partial charge on any atom is -0.385 e. The third-order valence-electron chi connectivity index (χ3n) is 4.51. The number of hydrogen-bond donors (Lipinski definition) is 3. The van der Waals surface area contributed by atoms with Gasteiger partial charge in [0.1, 0.15) is 0 Å². The molecule has 3 N–H and O–H groups in total. The maximum absolute atomic E-state index is 12.5. The van der Waals surface area contributed by atoms with E-state index in [9.17, 15) is 4.79 Å². The number of pyridine rings is 1. The summed E-state index contributed by atoms with van der Waals surface area (Å²) in [6.07, 6.45) is 5.07. The minimum atomic E-state index is -0.0580. The van der Waals surface area contributed by atoms with Crippen LogP contribution in [-0.4, -0.2) is 30.0 Å². The van der Waals surface area contributed by atoms with Crippen LogP contribution in [0.2, 0.25) is 10.0 Å². The van der Waals surface area contributed by atoms with Crippen LogP contribution in [0.25, 0.3) is 0 Å². The second kappa shape index (κ2) is 12.6. The van der Waals surface area contributed by atoms with Crippen LogP contribution in [-0.2, 0) is 11.2 Å². The highest BCUT2D eigenvalue weighted by atomic mass is 35.5. The molecule has 162 valence electrons. The summed E-state index contributed by atoms with van der Waals surface area (Å²) in [4.78, 5) is 17.4. The van der Waals surface area contributed by atoms with Crippen molar-refractivity contribution < 1.29 is 4.79 Å². The first-order valence-electron chi connectivity index (χ1n) is 9.92. The second-order valence-corrected chi connectivity index (χ2v) is 8.68. The highest BCUT2D eigenvalue weighted by molar-refractivity contribution is 7.97. The predicted octanol–water partition coefficient (Wildman–Crippen LogP) is 5.21. The molecule has 0 spiro atoms. The van der Waals surface area contributed by atoms with Crippen molar-refractivity contribution in [2.24, 2.45) is 0 Å². The molecule has 0 bridgehead atoms. The Morgan fingerprint density at radius 1 is 1.00 bits per heavy atom. The molecule has 8 heteroatoms. The Balaban J connectivity index is 1.49. The number of rotatable bonds is 11. The van der Waals surface area contributed by atoms with Crippen molar-refractivity contribution in [3.8, 4) is 0 Å². The van der Waals surface area contributed by atoms with Gasteiger partial charge in [-0.05, 0) is 60.7 Å². The molecular formula is C23H24Cl2N4OS. The summed E-state index contributed by atoms with van der Waals surface area (Å²) in [5.41, 5.74) is 2.20. The number of carbonyl (C=O) groups excluding carboxylic acids is 1. The van der Waals surface area contributed by atoms with Crippen molar-refractivity contribution in [2.75, 3.05) is 18.4 Å². The van der Waals surface area contributed by atoms with Crippen LogP contribution in [0.3, 0.4) is 0 Å². The summed E-state index contributed by atoms with van der Waals surface area (Å²) in [7, 11) is 0. The first-order valence-corrected chi connectivity index (χ1v) is 11.5. The van der Waals surface area contributed by atoms with Crippen LogP contribution in [0.1, 0.15) is 12.0 Å². The monoisotopic (exact) mass is 474 g/mol. The molecule has 0 aliphatic rings. The molecule has 0 aliphatic heterocycles. The van der Waals surface area contributed by atoms with Gasteiger partial charge in [-0.2, -0.15) is 0 Å². The van der Waals surface area contributed by atoms with Gasteiger partial charge in [0.15, 0.2) is 0 Å². The molecule has 0 saturated heterocycles. The van der Waals surface area contributed by atoms with Gasteiger partial charge < -0.3 is 10.6 Å². The van der Waals surface area contributed by atoms with Gasteiger partial charge in [-0.25, -0.2) is 0 Å². The Morgan fingerprint density at radius 2 is 1.77 bits per heavy atom. The summed E-state index contributed by atoms with van der Waals surface area (Å²) in [6, 6.07) is 19.4. The average molecular weight is 475 g/mol. The van der Waals surface area contributed by atoms with Crippen molar-refractivity contribution in [2.45, 2.75) is 23.8 Å². The van der Waals surface area contributed by atoms with Gasteiger partial charge in [0, 0.05) is 35.6 Å². The molecule has 0 aliphatic carbocycles. The maximum Gasteiger partial charge on any atom is 0.235 e. The topological polar surface area (TPSA) is 66.1 Å². The van der Waals surface area contributed by atoms with E-state index in [4.69, 9.17) is 23.2 Å². The summed E-state index contributed by atoms with van der Waals surface area (Å²) < 4.78 is 3.08. The van der Waals surface area contributed by atoms with Gasteiger partial charge in [-0.15, -0.1) is 0 Å². The first-order chi connectivity index (χ1) is 15.1. The lowest BCUT2D eigenvalue weighted by atomic mass is 10.0. The van der Waals surface area contributed by atoms with E-state index >= 15 is 0 Å². The molecule has 1 heterocycles. The molecule has 1 atom stereocenters. The smallest absolute Gasteiger partial charge is 0.235 e. The number of halogens is 2. The maximum atomic E-state index is 12.5. The number of nitrogens with one attached hydrogen (secondary N) is 3. The van der Waals surface area contributed by atoms with Gasteiger partial charge in [0.2, 0.25) is 5.91 Å². The van der Waals surface area contributed by atoms with E-state index in [1.807, 2.05) is 36.4 Å². The van der Waals surface area contributed by atoms with E-state index in [0.717, 1.165) is 30.0 Å². The summed E-state index contributed by atoms with van der Waals surface area (Å²) >= 11 is 13.3. The fourth-order valence-electron chi connectivity index (χ4n) is 2.99. The Hall–Kier alpha value is -2.25. The third-order valence-corrected chi connectivity index (χ3v) is 6.02. The van der Waals surface area contributed by atoms with Gasteiger partial charge in [-0.1, -0.05) is 53.5 Å². The zero-order valence-electron chi connectivity index (χ0n) is 16.9. The third kappa shape index (κ3) is 8.42. The second-order valence-electron chi connectivity index (χ2n) is 6.90. The van der Waals surface area contributed by atoms with E-state index < -0.39 is 0 Å². The van der Waals surface area contributed by atoms with Gasteiger partial charge in [0.25, 0.3) is 0 Å². The van der Waals surface area contributed by atoms with E-state index in [0.29, 0.717) is 10.0 Å². The Morgan fingerprint density at radius 3 is 2.52 bits per heavy atom. The van der Waals surface area contributed by atoms with Crippen LogP contribution in [0.15, 0.2) is 78.0 Å². The minimum absolute atomic E-state index is 0.0148. The lowest BCUT2D eigenvalue weighted by molar-refractivity contribution is -0.120. The van der Waals surface area contributed by atoms with E-state index in [1.54, 1.807) is 24.5 Å². The summed E-state index contributed by atoms with van der Waals surface area (Å²) in [5, 5.41) is 7.51. The standard InChI is InChI=1S/C23H24Cl2N4OS/c24-21-7-6-20(15-22(21)25)31-28-16-23(30)29-19(14-17-4-2-1-3-5-17)10-13-27-18-8-11-26-12-9-18/h1-9,11-12,15,19,28H,10,13-14,16H2,(H,26,27)(H,29,30)/t19-/m1/s1.